The van der Waals surface area contributed by atoms with Crippen molar-refractivity contribution in [3.05, 3.63) is 21.9 Å². The zero-order valence-electron chi connectivity index (χ0n) is 3.48. The van der Waals surface area contributed by atoms with Gasteiger partial charge in [0.05, 0.1) is 0 Å². The van der Waals surface area contributed by atoms with E-state index in [4.69, 9.17) is 11.6 Å². The second-order valence-corrected chi connectivity index (χ2v) is 1.34. The molecule has 0 amide bonds. The van der Waals surface area contributed by atoms with Gasteiger partial charge in [-0.25, -0.2) is 4.79 Å². The van der Waals surface area contributed by atoms with Crippen molar-refractivity contribution >= 4 is 11.6 Å². The van der Waals surface area contributed by atoms with E-state index in [9.17, 15) is 9.18 Å². The molecule has 0 saturated heterocycles. The van der Waals surface area contributed by atoms with E-state index in [1.54, 1.807) is 0 Å². The molecule has 5 heteroatoms. The van der Waals surface area contributed by atoms with Crippen LogP contribution in [0.1, 0.15) is 0 Å². The van der Waals surface area contributed by atoms with Crippen LogP contribution in [0.3, 0.4) is 0 Å². The van der Waals surface area contributed by atoms with Crippen LogP contribution < -0.4 is 5.82 Å². The fourth-order valence-electron chi connectivity index (χ4n) is 0.247. The molecule has 44 valence electrons. The van der Waals surface area contributed by atoms with Crippen LogP contribution in [0.2, 0.25) is 5.22 Å². The minimum absolute atomic E-state index is 0.644. The van der Waals surface area contributed by atoms with Gasteiger partial charge in [-0.15, -0.1) is 0 Å². The van der Waals surface area contributed by atoms with Crippen LogP contribution in [0.4, 0.5) is 4.39 Å². The van der Waals surface area contributed by atoms with Gasteiger partial charge in [0.1, 0.15) is 0 Å². The Labute approximate surface area is 47.7 Å². The third-order valence-corrected chi connectivity index (χ3v) is 0.726. The van der Waals surface area contributed by atoms with Crippen LogP contribution in [0.5, 0.6) is 0 Å². The molecule has 0 saturated carbocycles. The molecule has 0 aliphatic carbocycles. The summed E-state index contributed by atoms with van der Waals surface area (Å²) in [4.78, 5) is 9.85. The number of hydrogen-bond acceptors (Lipinski definition) is 3. The minimum Gasteiger partial charge on any atom is -0.375 e. The molecule has 1 rings (SSSR count). The van der Waals surface area contributed by atoms with Crippen LogP contribution in [-0.2, 0) is 0 Å². The molecular formula is C3ClFO3. The van der Waals surface area contributed by atoms with Crippen molar-refractivity contribution in [3.8, 4) is 0 Å². The van der Waals surface area contributed by atoms with Gasteiger partial charge in [0.25, 0.3) is 5.22 Å². The van der Waals surface area contributed by atoms with Crippen molar-refractivity contribution in [2.24, 2.45) is 0 Å². The van der Waals surface area contributed by atoms with Crippen LogP contribution >= 0.6 is 11.6 Å². The number of halogens is 2. The molecule has 0 fully saturated rings. The molecule has 0 aliphatic heterocycles. The van der Waals surface area contributed by atoms with Crippen molar-refractivity contribution in [1.29, 1.82) is 0 Å². The van der Waals surface area contributed by atoms with E-state index in [1.807, 2.05) is 0 Å². The summed E-state index contributed by atoms with van der Waals surface area (Å²) in [5.74, 6) is -1.13. The lowest BCUT2D eigenvalue weighted by Crippen LogP contribution is -1.84. The highest BCUT2D eigenvalue weighted by Gasteiger charge is 2.06. The summed E-state index contributed by atoms with van der Waals surface area (Å²) in [6, 6.07) is -1.18. The molecule has 3 nitrogen and oxygen atoms in total. The van der Waals surface area contributed by atoms with E-state index in [0.29, 0.717) is 0 Å². The van der Waals surface area contributed by atoms with Gasteiger partial charge >= 0.3 is 11.8 Å². The normalized spacial score (nSPS) is 9.75. The van der Waals surface area contributed by atoms with Crippen molar-refractivity contribution in [3.63, 3.8) is 0 Å². The molecule has 0 aromatic carbocycles. The molecule has 1 aromatic rings. The maximum absolute atomic E-state index is 11.7. The standard InChI is InChI=1S/C3ClFO3/c4-1-2(5)8-3(6)7-1. The fourth-order valence-corrected chi connectivity index (χ4v) is 0.349. The van der Waals surface area contributed by atoms with Crippen LogP contribution in [0.25, 0.3) is 0 Å². The first-order valence-corrected chi connectivity index (χ1v) is 2.03. The average molecular weight is 138 g/mol. The Kier molecular flexibility index (Phi) is 1.09. The van der Waals surface area contributed by atoms with Gasteiger partial charge in [0, 0.05) is 0 Å². The fraction of sp³-hybridized carbons (Fsp3) is 0. The van der Waals surface area contributed by atoms with Crippen molar-refractivity contribution in [2.75, 3.05) is 0 Å². The van der Waals surface area contributed by atoms with Crippen LogP contribution in [-0.4, -0.2) is 0 Å². The Bertz CT molecular complexity index is 214. The van der Waals surface area contributed by atoms with Gasteiger partial charge in [-0.1, -0.05) is 0 Å². The lowest BCUT2D eigenvalue weighted by molar-refractivity contribution is 0.312. The monoisotopic (exact) mass is 138 g/mol. The van der Waals surface area contributed by atoms with E-state index >= 15 is 0 Å². The Morgan fingerprint density at radius 1 is 1.50 bits per heavy atom. The van der Waals surface area contributed by atoms with E-state index < -0.39 is 17.1 Å². The minimum atomic E-state index is -1.18. The maximum Gasteiger partial charge on any atom is 0.522 e. The molecule has 1 aromatic heterocycles. The summed E-state index contributed by atoms with van der Waals surface area (Å²) in [5, 5.41) is -0.644. The summed E-state index contributed by atoms with van der Waals surface area (Å²) in [6.45, 7) is 0. The maximum atomic E-state index is 11.7. The first kappa shape index (κ1) is 5.37. The molecule has 8 heavy (non-hydrogen) atoms. The quantitative estimate of drug-likeness (QED) is 0.538. The third kappa shape index (κ3) is 0.742. The Hall–Kier alpha value is -0.770. The molecule has 0 N–H and O–H groups in total. The summed E-state index contributed by atoms with van der Waals surface area (Å²) < 4.78 is 19.3. The summed E-state index contributed by atoms with van der Waals surface area (Å²) >= 11 is 4.89. The predicted octanol–water partition coefficient (Wildman–Crippen LogP) is 1.03. The largest absolute Gasteiger partial charge is 0.522 e. The number of hydrogen-bond donors (Lipinski definition) is 0. The summed E-state index contributed by atoms with van der Waals surface area (Å²) in [6.07, 6.45) is 0. The lowest BCUT2D eigenvalue weighted by atomic mass is 11.0. The van der Waals surface area contributed by atoms with Gasteiger partial charge in [-0.2, -0.15) is 4.39 Å². The summed E-state index contributed by atoms with van der Waals surface area (Å²) in [5.41, 5.74) is 0. The van der Waals surface area contributed by atoms with Crippen LogP contribution in [0.15, 0.2) is 13.6 Å². The highest BCUT2D eigenvalue weighted by Crippen LogP contribution is 2.09. The molecule has 0 radical (unpaired) electrons. The highest BCUT2D eigenvalue weighted by molar-refractivity contribution is 6.28. The molecule has 0 spiro atoms. The van der Waals surface area contributed by atoms with Crippen molar-refractivity contribution in [2.45, 2.75) is 0 Å². The van der Waals surface area contributed by atoms with Gasteiger partial charge in [-0.3, -0.25) is 0 Å². The van der Waals surface area contributed by atoms with Gasteiger partial charge < -0.3 is 8.83 Å². The van der Waals surface area contributed by atoms with Crippen molar-refractivity contribution in [1.82, 2.24) is 0 Å². The van der Waals surface area contributed by atoms with Crippen LogP contribution in [0, 0.1) is 6.01 Å². The average Bonchev–Trinajstić information content (AvgIpc) is 1.85. The van der Waals surface area contributed by atoms with Gasteiger partial charge in [0.15, 0.2) is 0 Å². The summed E-state index contributed by atoms with van der Waals surface area (Å²) in [7, 11) is 0. The van der Waals surface area contributed by atoms with E-state index in [2.05, 4.69) is 8.83 Å². The van der Waals surface area contributed by atoms with Crippen molar-refractivity contribution < 1.29 is 13.2 Å². The molecular weight excluding hydrogens is 138 g/mol. The van der Waals surface area contributed by atoms with E-state index in [0.717, 1.165) is 0 Å². The lowest BCUT2D eigenvalue weighted by Gasteiger charge is -1.66. The zero-order chi connectivity index (χ0) is 6.15. The molecule has 1 heterocycles. The Morgan fingerprint density at radius 3 is 2.25 bits per heavy atom. The number of rotatable bonds is 0. The predicted molar refractivity (Wildman–Crippen MR) is 22.2 cm³/mol. The highest BCUT2D eigenvalue weighted by atomic mass is 35.5. The van der Waals surface area contributed by atoms with E-state index in [1.165, 1.54) is 0 Å². The third-order valence-electron chi connectivity index (χ3n) is 0.500. The Balaban J connectivity index is 3.35. The zero-order valence-corrected chi connectivity index (χ0v) is 4.24. The molecule has 0 atom stereocenters. The van der Waals surface area contributed by atoms with E-state index in [-0.39, 0.29) is 0 Å². The SMILES string of the molecule is O=c1oc(F)c(Cl)o1. The van der Waals surface area contributed by atoms with Gasteiger partial charge in [0.2, 0.25) is 0 Å². The van der Waals surface area contributed by atoms with Gasteiger partial charge in [-0.05, 0) is 11.6 Å². The first-order chi connectivity index (χ1) is 3.70. The second kappa shape index (κ2) is 1.63. The topological polar surface area (TPSA) is 43.4 Å². The Morgan fingerprint density at radius 2 is 2.12 bits per heavy atom. The second-order valence-electron chi connectivity index (χ2n) is 1.00. The molecule has 0 aliphatic rings. The first-order valence-electron chi connectivity index (χ1n) is 1.65. The smallest absolute Gasteiger partial charge is 0.375 e. The molecule has 0 bridgehead atoms. The molecule has 0 unspecified atom stereocenters.